The fourth-order valence-corrected chi connectivity index (χ4v) is 2.83. The lowest BCUT2D eigenvalue weighted by Crippen LogP contribution is -2.30. The van der Waals surface area contributed by atoms with E-state index >= 15 is 0 Å². The molecule has 1 aromatic heterocycles. The van der Waals surface area contributed by atoms with Crippen LogP contribution in [0.1, 0.15) is 38.5 Å². The minimum atomic E-state index is -0.418. The Labute approximate surface area is 128 Å². The molecule has 0 amide bonds. The second kappa shape index (κ2) is 6.68. The first kappa shape index (κ1) is 14.7. The molecule has 6 nitrogen and oxygen atoms in total. The molecule has 1 fully saturated rings. The Morgan fingerprint density at radius 1 is 1.18 bits per heavy atom. The van der Waals surface area contributed by atoms with Gasteiger partial charge in [-0.2, -0.15) is 4.68 Å². The molecule has 2 aromatic rings. The number of nitrogens with zero attached hydrogens (tertiary/aromatic N) is 3. The number of rotatable bonds is 3. The number of benzene rings is 1. The van der Waals surface area contributed by atoms with Crippen molar-refractivity contribution in [3.05, 3.63) is 34.6 Å². The molecule has 0 atom stereocenters. The maximum Gasteiger partial charge on any atom is 0.328 e. The van der Waals surface area contributed by atoms with Gasteiger partial charge in [0.1, 0.15) is 18.2 Å². The maximum atomic E-state index is 12.3. The van der Waals surface area contributed by atoms with Crippen molar-refractivity contribution in [3.63, 3.8) is 0 Å². The van der Waals surface area contributed by atoms with Crippen molar-refractivity contribution in [2.24, 2.45) is 0 Å². The van der Waals surface area contributed by atoms with E-state index < -0.39 is 5.97 Å². The van der Waals surface area contributed by atoms with Gasteiger partial charge in [0.15, 0.2) is 0 Å². The van der Waals surface area contributed by atoms with Gasteiger partial charge in [0, 0.05) is 0 Å². The minimum Gasteiger partial charge on any atom is -0.461 e. The number of carbonyl (C=O) groups excluding carboxylic acids is 1. The molecule has 1 aromatic carbocycles. The predicted molar refractivity (Wildman–Crippen MR) is 81.4 cm³/mol. The molecular formula is C16H19N3O3. The second-order valence-electron chi connectivity index (χ2n) is 5.67. The van der Waals surface area contributed by atoms with Crippen molar-refractivity contribution in [3.8, 4) is 0 Å². The van der Waals surface area contributed by atoms with E-state index in [2.05, 4.69) is 10.3 Å². The van der Waals surface area contributed by atoms with Crippen molar-refractivity contribution in [1.29, 1.82) is 0 Å². The lowest BCUT2D eigenvalue weighted by molar-refractivity contribution is -0.150. The molecule has 0 aliphatic heterocycles. The Bertz CT molecular complexity index is 718. The molecule has 6 heteroatoms. The molecular weight excluding hydrogens is 282 g/mol. The number of hydrogen-bond acceptors (Lipinski definition) is 5. The summed E-state index contributed by atoms with van der Waals surface area (Å²) in [5.74, 6) is -0.418. The van der Waals surface area contributed by atoms with Gasteiger partial charge in [-0.25, -0.2) is 0 Å². The van der Waals surface area contributed by atoms with Crippen molar-refractivity contribution in [2.45, 2.75) is 51.2 Å². The van der Waals surface area contributed by atoms with E-state index in [-0.39, 0.29) is 18.2 Å². The molecule has 0 radical (unpaired) electrons. The fraction of sp³-hybridized carbons (Fsp3) is 0.500. The summed E-state index contributed by atoms with van der Waals surface area (Å²) in [5.41, 5.74) is 0.212. The molecule has 22 heavy (non-hydrogen) atoms. The van der Waals surface area contributed by atoms with Crippen LogP contribution in [0.3, 0.4) is 0 Å². The normalized spacial score (nSPS) is 16.4. The van der Waals surface area contributed by atoms with Crippen LogP contribution in [0.2, 0.25) is 0 Å². The van der Waals surface area contributed by atoms with Crippen LogP contribution in [0, 0.1) is 0 Å². The first-order valence-electron chi connectivity index (χ1n) is 7.76. The molecule has 1 aliphatic rings. The highest BCUT2D eigenvalue weighted by atomic mass is 16.5. The second-order valence-corrected chi connectivity index (χ2v) is 5.67. The number of aromatic nitrogens is 3. The third-order valence-corrected chi connectivity index (χ3v) is 4.01. The number of esters is 1. The average Bonchev–Trinajstić information content (AvgIpc) is 2.79. The minimum absolute atomic E-state index is 0.0286. The quantitative estimate of drug-likeness (QED) is 0.641. The van der Waals surface area contributed by atoms with E-state index in [9.17, 15) is 9.59 Å². The lowest BCUT2D eigenvalue weighted by Gasteiger charge is -2.15. The Morgan fingerprint density at radius 2 is 1.91 bits per heavy atom. The van der Waals surface area contributed by atoms with Crippen molar-refractivity contribution >= 4 is 16.9 Å². The van der Waals surface area contributed by atoms with Gasteiger partial charge in [0.05, 0.1) is 5.39 Å². The van der Waals surface area contributed by atoms with Crippen molar-refractivity contribution < 1.29 is 9.53 Å². The fourth-order valence-electron chi connectivity index (χ4n) is 2.83. The van der Waals surface area contributed by atoms with E-state index in [1.54, 1.807) is 24.3 Å². The van der Waals surface area contributed by atoms with Crippen LogP contribution < -0.4 is 5.56 Å². The molecule has 0 N–H and O–H groups in total. The van der Waals surface area contributed by atoms with Gasteiger partial charge in [0.25, 0.3) is 5.56 Å². The monoisotopic (exact) mass is 301 g/mol. The lowest BCUT2D eigenvalue weighted by atomic mass is 10.1. The van der Waals surface area contributed by atoms with Gasteiger partial charge in [-0.1, -0.05) is 30.2 Å². The van der Waals surface area contributed by atoms with E-state index in [1.807, 2.05) is 0 Å². The zero-order chi connectivity index (χ0) is 15.4. The summed E-state index contributed by atoms with van der Waals surface area (Å²) in [6.45, 7) is -0.187. The standard InChI is InChI=1S/C16H19N3O3/c20-15(22-12-7-3-1-2-4-8-12)11-19-16(21)13-9-5-6-10-14(13)17-18-19/h5-6,9-10,12H,1-4,7-8,11H2. The Kier molecular flexibility index (Phi) is 4.46. The molecule has 0 bridgehead atoms. The van der Waals surface area contributed by atoms with Crippen LogP contribution in [0.5, 0.6) is 0 Å². The molecule has 1 aliphatic carbocycles. The van der Waals surface area contributed by atoms with E-state index in [0.29, 0.717) is 10.9 Å². The highest BCUT2D eigenvalue weighted by Crippen LogP contribution is 2.19. The third-order valence-electron chi connectivity index (χ3n) is 4.01. The van der Waals surface area contributed by atoms with Crippen LogP contribution >= 0.6 is 0 Å². The van der Waals surface area contributed by atoms with Crippen LogP contribution in [-0.2, 0) is 16.1 Å². The van der Waals surface area contributed by atoms with E-state index in [1.165, 1.54) is 12.8 Å². The smallest absolute Gasteiger partial charge is 0.328 e. The van der Waals surface area contributed by atoms with E-state index in [4.69, 9.17) is 4.74 Å². The summed E-state index contributed by atoms with van der Waals surface area (Å²) in [4.78, 5) is 24.3. The van der Waals surface area contributed by atoms with Gasteiger partial charge in [-0.05, 0) is 37.8 Å². The van der Waals surface area contributed by atoms with Crippen molar-refractivity contribution in [1.82, 2.24) is 15.0 Å². The Balaban J connectivity index is 1.71. The summed E-state index contributed by atoms with van der Waals surface area (Å²) in [6.07, 6.45) is 6.36. The molecule has 0 spiro atoms. The van der Waals surface area contributed by atoms with Gasteiger partial charge in [-0.3, -0.25) is 9.59 Å². The van der Waals surface area contributed by atoms with Gasteiger partial charge >= 0.3 is 5.97 Å². The first-order chi connectivity index (χ1) is 10.7. The molecule has 116 valence electrons. The third kappa shape index (κ3) is 3.32. The average molecular weight is 301 g/mol. The zero-order valence-corrected chi connectivity index (χ0v) is 12.4. The number of ether oxygens (including phenoxy) is 1. The highest BCUT2D eigenvalue weighted by Gasteiger charge is 2.18. The Hall–Kier alpha value is -2.24. The molecule has 0 unspecified atom stereocenters. The topological polar surface area (TPSA) is 74.1 Å². The number of carbonyl (C=O) groups is 1. The zero-order valence-electron chi connectivity index (χ0n) is 12.4. The van der Waals surface area contributed by atoms with Crippen molar-refractivity contribution in [2.75, 3.05) is 0 Å². The molecule has 1 saturated carbocycles. The van der Waals surface area contributed by atoms with Crippen LogP contribution in [0.4, 0.5) is 0 Å². The van der Waals surface area contributed by atoms with Crippen LogP contribution in [0.25, 0.3) is 10.9 Å². The summed E-state index contributed by atoms with van der Waals surface area (Å²) >= 11 is 0. The molecule has 0 saturated heterocycles. The number of hydrogen-bond donors (Lipinski definition) is 0. The summed E-state index contributed by atoms with van der Waals surface area (Å²) in [7, 11) is 0. The largest absolute Gasteiger partial charge is 0.461 e. The first-order valence-corrected chi connectivity index (χ1v) is 7.76. The van der Waals surface area contributed by atoms with Gasteiger partial charge in [0.2, 0.25) is 0 Å². The van der Waals surface area contributed by atoms with Gasteiger partial charge < -0.3 is 4.74 Å². The highest BCUT2D eigenvalue weighted by molar-refractivity contribution is 5.77. The number of fused-ring (bicyclic) bond motifs is 1. The Morgan fingerprint density at radius 3 is 2.68 bits per heavy atom. The van der Waals surface area contributed by atoms with E-state index in [0.717, 1.165) is 30.4 Å². The van der Waals surface area contributed by atoms with Gasteiger partial charge in [-0.15, -0.1) is 5.10 Å². The van der Waals surface area contributed by atoms with Crippen LogP contribution in [-0.4, -0.2) is 27.1 Å². The SMILES string of the molecule is O=C(Cn1nnc2ccccc2c1=O)OC1CCCCCC1. The summed E-state index contributed by atoms with van der Waals surface area (Å²) < 4.78 is 6.55. The summed E-state index contributed by atoms with van der Waals surface area (Å²) in [5, 5.41) is 8.23. The van der Waals surface area contributed by atoms with Crippen LogP contribution in [0.15, 0.2) is 29.1 Å². The predicted octanol–water partition coefficient (Wildman–Crippen LogP) is 2.06. The molecule has 3 rings (SSSR count). The summed E-state index contributed by atoms with van der Waals surface area (Å²) in [6, 6.07) is 6.96. The maximum absolute atomic E-state index is 12.3. The molecule has 1 heterocycles.